The third-order valence-corrected chi connectivity index (χ3v) is 6.67. The molecular weight excluding hydrogens is 474 g/mol. The average Bonchev–Trinajstić information content (AvgIpc) is 3.02. The van der Waals surface area contributed by atoms with Crippen molar-refractivity contribution < 1.29 is 6.85 Å². The monoisotopic (exact) mass is 498 g/mol. The van der Waals surface area contributed by atoms with Gasteiger partial charge in [0, 0.05) is 11.1 Å². The van der Waals surface area contributed by atoms with E-state index in [4.69, 9.17) is 23.4 Å². The summed E-state index contributed by atoms with van der Waals surface area (Å²) in [5.41, 5.74) is 2.29. The van der Waals surface area contributed by atoms with Crippen LogP contribution in [0.25, 0.3) is 66.2 Å². The molecule has 3 nitrogen and oxygen atoms in total. The van der Waals surface area contributed by atoms with Gasteiger partial charge < -0.3 is 0 Å². The second kappa shape index (κ2) is 8.81. The van der Waals surface area contributed by atoms with Gasteiger partial charge in [0.1, 0.15) is 0 Å². The lowest BCUT2D eigenvalue weighted by Crippen LogP contribution is -1.97. The molecule has 0 aliphatic rings. The smallest absolute Gasteiger partial charge is 0.208 e. The van der Waals surface area contributed by atoms with Gasteiger partial charge in [-0.1, -0.05) is 103 Å². The molecule has 0 saturated carbocycles. The minimum absolute atomic E-state index is 0.0876. The molecule has 0 spiro atoms. The number of fused-ring (bicyclic) bond motifs is 4. The predicted molar refractivity (Wildman–Crippen MR) is 154 cm³/mol. The van der Waals surface area contributed by atoms with E-state index in [0.29, 0.717) is 17.2 Å². The molecule has 1 aromatic heterocycles. The Kier molecular flexibility index (Phi) is 4.04. The van der Waals surface area contributed by atoms with Gasteiger partial charge in [0.05, 0.1) is 6.85 Å². The molecule has 0 saturated heterocycles. The van der Waals surface area contributed by atoms with Crippen LogP contribution in [0.4, 0.5) is 0 Å². The Balaban J connectivity index is 1.30. The minimum Gasteiger partial charge on any atom is -0.208 e. The Morgan fingerprint density at radius 3 is 1.81 bits per heavy atom. The molecule has 37 heavy (non-hydrogen) atoms. The molecule has 0 radical (unpaired) electrons. The normalized spacial score (nSPS) is 13.3. The SMILES string of the molecule is [2H]c1c([2H])c([2H])c(-c2ccc3cc(-c4nc(Cl)nc(-c5ccc6ccc7ccccc7c6c5)n4)ccc3c2)c([2H])c1[2H]. The highest BCUT2D eigenvalue weighted by Gasteiger charge is 2.12. The lowest BCUT2D eigenvalue weighted by molar-refractivity contribution is 1.07. The molecule has 0 aliphatic carbocycles. The second-order valence-electron chi connectivity index (χ2n) is 8.75. The Hall–Kier alpha value is -4.60. The zero-order valence-corrected chi connectivity index (χ0v) is 20.1. The Bertz CT molecular complexity index is 2210. The molecule has 6 aromatic carbocycles. The van der Waals surface area contributed by atoms with Crippen molar-refractivity contribution >= 4 is 43.9 Å². The second-order valence-corrected chi connectivity index (χ2v) is 9.09. The quantitative estimate of drug-likeness (QED) is 0.228. The van der Waals surface area contributed by atoms with Gasteiger partial charge in [-0.3, -0.25) is 0 Å². The number of aromatic nitrogens is 3. The van der Waals surface area contributed by atoms with Gasteiger partial charge in [-0.05, 0) is 73.2 Å². The van der Waals surface area contributed by atoms with Crippen molar-refractivity contribution in [3.8, 4) is 33.9 Å². The Morgan fingerprint density at radius 2 is 1.05 bits per heavy atom. The van der Waals surface area contributed by atoms with Gasteiger partial charge in [0.25, 0.3) is 0 Å². The van der Waals surface area contributed by atoms with Gasteiger partial charge in [-0.15, -0.1) is 0 Å². The number of halogens is 1. The highest BCUT2D eigenvalue weighted by atomic mass is 35.5. The number of hydrogen-bond acceptors (Lipinski definition) is 3. The van der Waals surface area contributed by atoms with Crippen LogP contribution in [0.1, 0.15) is 6.85 Å². The van der Waals surface area contributed by atoms with Crippen LogP contribution in [0.3, 0.4) is 0 Å². The summed E-state index contributed by atoms with van der Waals surface area (Å²) in [4.78, 5) is 13.6. The lowest BCUT2D eigenvalue weighted by Gasteiger charge is -2.09. The summed E-state index contributed by atoms with van der Waals surface area (Å²) in [6, 6.07) is 28.1. The van der Waals surface area contributed by atoms with Crippen molar-refractivity contribution in [2.24, 2.45) is 0 Å². The fourth-order valence-electron chi connectivity index (χ4n) is 4.68. The van der Waals surface area contributed by atoms with Gasteiger partial charge in [-0.2, -0.15) is 9.97 Å². The maximum Gasteiger partial charge on any atom is 0.226 e. The summed E-state index contributed by atoms with van der Waals surface area (Å²) < 4.78 is 40.5. The predicted octanol–water partition coefficient (Wildman–Crippen LogP) is 8.99. The van der Waals surface area contributed by atoms with Crippen molar-refractivity contribution in [3.05, 3.63) is 126 Å². The lowest BCUT2D eigenvalue weighted by atomic mass is 9.99. The van der Waals surface area contributed by atoms with Crippen molar-refractivity contribution in [1.82, 2.24) is 15.0 Å². The van der Waals surface area contributed by atoms with Gasteiger partial charge >= 0.3 is 0 Å². The molecule has 174 valence electrons. The molecule has 0 bridgehead atoms. The topological polar surface area (TPSA) is 38.7 Å². The third-order valence-electron chi connectivity index (χ3n) is 6.50. The third kappa shape index (κ3) is 4.00. The van der Waals surface area contributed by atoms with E-state index in [0.717, 1.165) is 43.4 Å². The van der Waals surface area contributed by atoms with E-state index < -0.39 is 6.04 Å². The fourth-order valence-corrected chi connectivity index (χ4v) is 4.84. The van der Waals surface area contributed by atoms with Crippen LogP contribution in [0.5, 0.6) is 0 Å². The molecule has 0 atom stereocenters. The largest absolute Gasteiger partial charge is 0.226 e. The van der Waals surface area contributed by atoms with Crippen LogP contribution < -0.4 is 0 Å². The van der Waals surface area contributed by atoms with Crippen LogP contribution in [-0.4, -0.2) is 15.0 Å². The molecule has 0 aliphatic heterocycles. The standard InChI is InChI=1S/C33H20ClN3/c34-33-36-31(27-17-15-25-18-24(13-14-26(25)19-27)21-6-2-1-3-7-21)35-32(37-33)28-16-12-23-11-10-22-8-4-5-9-29(22)30(23)20-28/h1-20H/i1D,2D,3D,6D,7D. The number of benzene rings is 6. The first-order valence-corrected chi connectivity index (χ1v) is 12.1. The average molecular weight is 499 g/mol. The van der Waals surface area contributed by atoms with Crippen LogP contribution in [-0.2, 0) is 0 Å². The minimum atomic E-state index is -0.411. The maximum absolute atomic E-state index is 8.32. The van der Waals surface area contributed by atoms with E-state index in [9.17, 15) is 0 Å². The Morgan fingerprint density at radius 1 is 0.486 bits per heavy atom. The molecule has 0 fully saturated rings. The summed E-state index contributed by atoms with van der Waals surface area (Å²) in [5.74, 6) is 0.899. The summed E-state index contributed by atoms with van der Waals surface area (Å²) in [5, 5.41) is 6.32. The van der Waals surface area contributed by atoms with Gasteiger partial charge in [-0.25, -0.2) is 4.98 Å². The molecule has 1 heterocycles. The van der Waals surface area contributed by atoms with Gasteiger partial charge in [0.15, 0.2) is 11.6 Å². The van der Waals surface area contributed by atoms with Crippen LogP contribution in [0.15, 0.2) is 121 Å². The summed E-state index contributed by atoms with van der Waals surface area (Å²) in [7, 11) is 0. The van der Waals surface area contributed by atoms with Crippen LogP contribution in [0.2, 0.25) is 5.28 Å². The number of nitrogens with zero attached hydrogens (tertiary/aromatic N) is 3. The van der Waals surface area contributed by atoms with Crippen molar-refractivity contribution in [3.63, 3.8) is 0 Å². The van der Waals surface area contributed by atoms with Crippen molar-refractivity contribution in [2.75, 3.05) is 0 Å². The summed E-state index contributed by atoms with van der Waals surface area (Å²) in [6.07, 6.45) is 0. The number of rotatable bonds is 3. The van der Waals surface area contributed by atoms with Crippen LogP contribution in [0, 0.1) is 0 Å². The fraction of sp³-hybridized carbons (Fsp3) is 0. The molecular formula is C33H20ClN3. The zero-order valence-electron chi connectivity index (χ0n) is 24.4. The van der Waals surface area contributed by atoms with E-state index in [-0.39, 0.29) is 35.0 Å². The first-order valence-electron chi connectivity index (χ1n) is 14.2. The van der Waals surface area contributed by atoms with E-state index >= 15 is 0 Å². The molecule has 4 heteroatoms. The first-order chi connectivity index (χ1) is 20.3. The molecule has 7 rings (SSSR count). The highest BCUT2D eigenvalue weighted by molar-refractivity contribution is 6.28. The van der Waals surface area contributed by atoms with E-state index in [1.165, 1.54) is 0 Å². The summed E-state index contributed by atoms with van der Waals surface area (Å²) >= 11 is 6.39. The molecule has 0 amide bonds. The van der Waals surface area contributed by atoms with E-state index in [2.05, 4.69) is 46.4 Å². The van der Waals surface area contributed by atoms with Crippen molar-refractivity contribution in [2.45, 2.75) is 0 Å². The highest BCUT2D eigenvalue weighted by Crippen LogP contribution is 2.31. The van der Waals surface area contributed by atoms with Gasteiger partial charge in [0.2, 0.25) is 5.28 Å². The molecule has 0 N–H and O–H groups in total. The first kappa shape index (κ1) is 17.0. The van der Waals surface area contributed by atoms with Crippen LogP contribution >= 0.6 is 11.6 Å². The molecule has 0 unspecified atom stereocenters. The van der Waals surface area contributed by atoms with E-state index in [1.54, 1.807) is 6.07 Å². The zero-order chi connectivity index (χ0) is 29.1. The Labute approximate surface area is 226 Å². The number of hydrogen-bond donors (Lipinski definition) is 0. The summed E-state index contributed by atoms with van der Waals surface area (Å²) in [6.45, 7) is 0. The maximum atomic E-state index is 8.32. The van der Waals surface area contributed by atoms with Crippen molar-refractivity contribution in [1.29, 1.82) is 0 Å². The molecule has 7 aromatic rings. The van der Waals surface area contributed by atoms with E-state index in [1.807, 2.05) is 48.5 Å².